The Balaban J connectivity index is 0.000000141. The molecule has 258 valence electrons. The molecular formula is C40H32N12S. The van der Waals surface area contributed by atoms with Gasteiger partial charge in [-0.3, -0.25) is 15.1 Å². The van der Waals surface area contributed by atoms with Gasteiger partial charge in [-0.15, -0.1) is 21.5 Å². The molecule has 1 N–H and O–H groups in total. The SMILES string of the molecule is CC(C)(c1ccc2ncccc2c1)n1nnc2ccc(-c3cn[nH]c3)nc21.Cc1csc(-c2ccc3nnn(Cc4ccc5ncccc5c4)c3n2)c1. The quantitative estimate of drug-likeness (QED) is 0.181. The molecule has 0 aliphatic heterocycles. The first kappa shape index (κ1) is 32.2. The molecule has 10 aromatic rings. The summed E-state index contributed by atoms with van der Waals surface area (Å²) in [6, 6.07) is 30.6. The summed E-state index contributed by atoms with van der Waals surface area (Å²) in [5, 5.41) is 28.5. The average Bonchev–Trinajstić information content (AvgIpc) is 4.02. The van der Waals surface area contributed by atoms with Crippen LogP contribution >= 0.6 is 11.3 Å². The zero-order valence-electron chi connectivity index (χ0n) is 29.1. The Labute approximate surface area is 307 Å². The van der Waals surface area contributed by atoms with Crippen molar-refractivity contribution in [2.45, 2.75) is 32.9 Å². The van der Waals surface area contributed by atoms with Crippen LogP contribution in [0.1, 0.15) is 30.5 Å². The van der Waals surface area contributed by atoms with Gasteiger partial charge in [0.15, 0.2) is 11.3 Å². The Morgan fingerprint density at radius 1 is 0.717 bits per heavy atom. The fourth-order valence-corrected chi connectivity index (χ4v) is 7.25. The van der Waals surface area contributed by atoms with Gasteiger partial charge >= 0.3 is 0 Å². The number of aromatic amines is 1. The third-order valence-electron chi connectivity index (χ3n) is 9.27. The van der Waals surface area contributed by atoms with E-state index in [1.807, 2.05) is 70.3 Å². The van der Waals surface area contributed by atoms with Gasteiger partial charge in [0.1, 0.15) is 11.0 Å². The third kappa shape index (κ3) is 6.16. The molecule has 10 rings (SSSR count). The second kappa shape index (κ2) is 13.1. The lowest BCUT2D eigenvalue weighted by Crippen LogP contribution is -2.29. The van der Waals surface area contributed by atoms with Gasteiger partial charge < -0.3 is 0 Å². The van der Waals surface area contributed by atoms with Crippen LogP contribution in [0, 0.1) is 6.92 Å². The van der Waals surface area contributed by atoms with Gasteiger partial charge in [0.2, 0.25) is 0 Å². The number of thiophene rings is 1. The minimum Gasteiger partial charge on any atom is -0.285 e. The van der Waals surface area contributed by atoms with E-state index in [-0.39, 0.29) is 0 Å². The summed E-state index contributed by atoms with van der Waals surface area (Å²) in [7, 11) is 0. The maximum absolute atomic E-state index is 4.81. The van der Waals surface area contributed by atoms with E-state index in [0.29, 0.717) is 6.54 Å². The Bertz CT molecular complexity index is 2890. The number of rotatable bonds is 6. The Morgan fingerprint density at radius 3 is 2.17 bits per heavy atom. The maximum Gasteiger partial charge on any atom is 0.179 e. The van der Waals surface area contributed by atoms with E-state index >= 15 is 0 Å². The normalized spacial score (nSPS) is 11.8. The van der Waals surface area contributed by atoms with Gasteiger partial charge in [0, 0.05) is 34.9 Å². The Morgan fingerprint density at radius 2 is 1.42 bits per heavy atom. The predicted octanol–water partition coefficient (Wildman–Crippen LogP) is 8.01. The van der Waals surface area contributed by atoms with Gasteiger partial charge in [-0.25, -0.2) is 19.3 Å². The molecule has 0 radical (unpaired) electrons. The molecule has 0 unspecified atom stereocenters. The smallest absolute Gasteiger partial charge is 0.179 e. The third-order valence-corrected chi connectivity index (χ3v) is 10.3. The molecule has 0 atom stereocenters. The van der Waals surface area contributed by atoms with Crippen molar-refractivity contribution < 1.29 is 0 Å². The molecule has 8 aromatic heterocycles. The molecule has 0 aliphatic rings. The number of nitrogens with zero attached hydrogens (tertiary/aromatic N) is 11. The minimum absolute atomic E-state index is 0.430. The zero-order chi connectivity index (χ0) is 35.9. The molecule has 13 heteroatoms. The summed E-state index contributed by atoms with van der Waals surface area (Å²) in [6.07, 6.45) is 7.19. The van der Waals surface area contributed by atoms with Crippen molar-refractivity contribution >= 4 is 55.5 Å². The topological polar surface area (TPSA) is 142 Å². The highest BCUT2D eigenvalue weighted by Gasteiger charge is 2.27. The highest BCUT2D eigenvalue weighted by molar-refractivity contribution is 7.13. The van der Waals surface area contributed by atoms with Crippen LogP contribution < -0.4 is 0 Å². The maximum atomic E-state index is 4.81. The van der Waals surface area contributed by atoms with Crippen molar-refractivity contribution in [3.05, 3.63) is 138 Å². The fraction of sp³-hybridized carbons (Fsp3) is 0.125. The number of H-pyrrole nitrogens is 1. The van der Waals surface area contributed by atoms with Crippen LogP contribution in [0.3, 0.4) is 0 Å². The molecule has 0 aliphatic carbocycles. The Hall–Kier alpha value is -6.73. The number of hydrogen-bond donors (Lipinski definition) is 1. The first-order valence-corrected chi connectivity index (χ1v) is 17.9. The van der Waals surface area contributed by atoms with Crippen LogP contribution in [0.25, 0.3) is 66.0 Å². The standard InChI is InChI=1S/C20H17N7.C20H15N5S/c1-20(2,15-5-6-16-13(10-15)4-3-9-21-16)27-19-18(25-26-27)8-7-17(24-19)14-11-22-23-12-14;1-13-9-19(26-12-13)17-6-7-18-20(22-17)25(24-23-18)11-14-4-5-16-15(10-14)3-2-8-21-16/h3-12H,1-2H3,(H,22,23);2-10,12H,11H2,1H3. The molecule has 0 saturated carbocycles. The molecule has 2 aromatic carbocycles. The van der Waals surface area contributed by atoms with E-state index in [1.165, 1.54) is 5.56 Å². The van der Waals surface area contributed by atoms with E-state index in [9.17, 15) is 0 Å². The van der Waals surface area contributed by atoms with E-state index < -0.39 is 5.54 Å². The van der Waals surface area contributed by atoms with Gasteiger partial charge in [0.25, 0.3) is 0 Å². The largest absolute Gasteiger partial charge is 0.285 e. The summed E-state index contributed by atoms with van der Waals surface area (Å²) in [5.41, 5.74) is 10.9. The summed E-state index contributed by atoms with van der Waals surface area (Å²) in [5.74, 6) is 0. The first-order chi connectivity index (χ1) is 25.9. The van der Waals surface area contributed by atoms with E-state index in [1.54, 1.807) is 23.7 Å². The average molecular weight is 713 g/mol. The number of aromatic nitrogens is 12. The number of aryl methyl sites for hydroxylation is 1. The predicted molar refractivity (Wildman–Crippen MR) is 207 cm³/mol. The molecule has 0 saturated heterocycles. The lowest BCUT2D eigenvalue weighted by molar-refractivity contribution is 0.391. The number of benzene rings is 2. The molecule has 0 fully saturated rings. The summed E-state index contributed by atoms with van der Waals surface area (Å²) < 4.78 is 3.74. The number of nitrogens with one attached hydrogen (secondary N) is 1. The van der Waals surface area contributed by atoms with Crippen molar-refractivity contribution in [2.24, 2.45) is 0 Å². The van der Waals surface area contributed by atoms with Crippen molar-refractivity contribution in [3.63, 3.8) is 0 Å². The lowest BCUT2D eigenvalue weighted by atomic mass is 9.93. The minimum atomic E-state index is -0.430. The van der Waals surface area contributed by atoms with Crippen LogP contribution in [-0.4, -0.2) is 60.1 Å². The van der Waals surface area contributed by atoms with Crippen molar-refractivity contribution in [3.8, 4) is 21.8 Å². The molecule has 0 spiro atoms. The summed E-state index contributed by atoms with van der Waals surface area (Å²) in [6.45, 7) is 6.95. The van der Waals surface area contributed by atoms with Crippen molar-refractivity contribution in [1.82, 2.24) is 60.1 Å². The van der Waals surface area contributed by atoms with Crippen LogP contribution in [0.15, 0.2) is 121 Å². The van der Waals surface area contributed by atoms with E-state index in [4.69, 9.17) is 9.97 Å². The fourth-order valence-electron chi connectivity index (χ4n) is 6.38. The van der Waals surface area contributed by atoms with Crippen LogP contribution in [0.5, 0.6) is 0 Å². The van der Waals surface area contributed by atoms with Gasteiger partial charge in [-0.1, -0.05) is 34.7 Å². The summed E-state index contributed by atoms with van der Waals surface area (Å²) >= 11 is 1.71. The highest BCUT2D eigenvalue weighted by atomic mass is 32.1. The molecule has 0 amide bonds. The number of hydrogen-bond acceptors (Lipinski definition) is 10. The van der Waals surface area contributed by atoms with Crippen molar-refractivity contribution in [2.75, 3.05) is 0 Å². The van der Waals surface area contributed by atoms with Gasteiger partial charge in [-0.2, -0.15) is 5.10 Å². The number of pyridine rings is 4. The summed E-state index contributed by atoms with van der Waals surface area (Å²) in [4.78, 5) is 19.5. The van der Waals surface area contributed by atoms with Crippen LogP contribution in [0.4, 0.5) is 0 Å². The second-order valence-electron chi connectivity index (χ2n) is 13.3. The molecule has 8 heterocycles. The monoisotopic (exact) mass is 712 g/mol. The molecule has 0 bridgehead atoms. The zero-order valence-corrected chi connectivity index (χ0v) is 29.9. The molecular weight excluding hydrogens is 681 g/mol. The highest BCUT2D eigenvalue weighted by Crippen LogP contribution is 2.31. The van der Waals surface area contributed by atoms with Crippen LogP contribution in [-0.2, 0) is 12.1 Å². The van der Waals surface area contributed by atoms with Crippen molar-refractivity contribution in [1.29, 1.82) is 0 Å². The Kier molecular flexibility index (Phi) is 7.96. The van der Waals surface area contributed by atoms with E-state index in [2.05, 4.69) is 109 Å². The first-order valence-electron chi connectivity index (χ1n) is 17.1. The van der Waals surface area contributed by atoms with Gasteiger partial charge in [0.05, 0.1) is 45.6 Å². The van der Waals surface area contributed by atoms with Crippen LogP contribution in [0.2, 0.25) is 0 Å². The van der Waals surface area contributed by atoms with Gasteiger partial charge in [-0.05, 0) is 110 Å². The molecule has 12 nitrogen and oxygen atoms in total. The number of fused-ring (bicyclic) bond motifs is 4. The molecule has 53 heavy (non-hydrogen) atoms. The lowest BCUT2D eigenvalue weighted by Gasteiger charge is -2.26. The second-order valence-corrected chi connectivity index (χ2v) is 14.2. The van der Waals surface area contributed by atoms with E-state index in [0.717, 1.165) is 77.1 Å².